The number of piperidine rings is 1. The second-order valence-corrected chi connectivity index (χ2v) is 6.45. The van der Waals surface area contributed by atoms with Gasteiger partial charge in [0, 0.05) is 6.04 Å². The van der Waals surface area contributed by atoms with Crippen molar-refractivity contribution in [3.05, 3.63) is 0 Å². The van der Waals surface area contributed by atoms with E-state index in [0.29, 0.717) is 0 Å². The third-order valence-electron chi connectivity index (χ3n) is 5.23. The van der Waals surface area contributed by atoms with Gasteiger partial charge >= 0.3 is 0 Å². The largest absolute Gasteiger partial charge is 0.314 e. The zero-order chi connectivity index (χ0) is 10.3. The molecule has 1 heterocycles. The minimum atomic E-state index is 0.859. The van der Waals surface area contributed by atoms with E-state index in [-0.39, 0.29) is 0 Å². The summed E-state index contributed by atoms with van der Waals surface area (Å²) in [6.07, 6.45) is 10.6. The maximum atomic E-state index is 3.74. The van der Waals surface area contributed by atoms with E-state index in [4.69, 9.17) is 0 Å². The Bertz CT molecular complexity index is 225. The SMILES string of the molecule is CC1CCNC(CC2CC3CCC2C3)C1. The lowest BCUT2D eigenvalue weighted by molar-refractivity contribution is 0.232. The first-order chi connectivity index (χ1) is 7.31. The van der Waals surface area contributed by atoms with Gasteiger partial charge in [-0.15, -0.1) is 0 Å². The van der Waals surface area contributed by atoms with Crippen LogP contribution >= 0.6 is 0 Å². The lowest BCUT2D eigenvalue weighted by atomic mass is 9.81. The first-order valence-electron chi connectivity index (χ1n) is 7.04. The van der Waals surface area contributed by atoms with Crippen molar-refractivity contribution in [1.82, 2.24) is 5.32 Å². The highest BCUT2D eigenvalue weighted by molar-refractivity contribution is 4.92. The Hall–Kier alpha value is -0.0400. The van der Waals surface area contributed by atoms with Crippen molar-refractivity contribution in [3.8, 4) is 0 Å². The zero-order valence-electron chi connectivity index (χ0n) is 10.0. The topological polar surface area (TPSA) is 12.0 Å². The Balaban J connectivity index is 1.52. The van der Waals surface area contributed by atoms with E-state index in [1.165, 1.54) is 25.8 Å². The molecule has 2 aliphatic carbocycles. The number of fused-ring (bicyclic) bond motifs is 2. The molecular formula is C14H25N. The molecule has 15 heavy (non-hydrogen) atoms. The lowest BCUT2D eigenvalue weighted by Gasteiger charge is -2.32. The Morgan fingerprint density at radius 1 is 1.07 bits per heavy atom. The number of nitrogens with one attached hydrogen (secondary N) is 1. The van der Waals surface area contributed by atoms with Crippen LogP contribution in [0, 0.1) is 23.7 Å². The molecule has 5 unspecified atom stereocenters. The summed E-state index contributed by atoms with van der Waals surface area (Å²) in [4.78, 5) is 0. The second-order valence-electron chi connectivity index (χ2n) is 6.45. The third kappa shape index (κ3) is 2.08. The van der Waals surface area contributed by atoms with Gasteiger partial charge in [0.05, 0.1) is 0 Å². The van der Waals surface area contributed by atoms with Crippen molar-refractivity contribution in [2.24, 2.45) is 23.7 Å². The molecule has 5 atom stereocenters. The second kappa shape index (κ2) is 4.08. The predicted molar refractivity (Wildman–Crippen MR) is 63.7 cm³/mol. The summed E-state index contributed by atoms with van der Waals surface area (Å²) in [6, 6.07) is 0.859. The fourth-order valence-corrected chi connectivity index (χ4v) is 4.43. The van der Waals surface area contributed by atoms with Gasteiger partial charge in [0.1, 0.15) is 0 Å². The van der Waals surface area contributed by atoms with E-state index in [1.807, 2.05) is 0 Å². The Labute approximate surface area is 94.0 Å². The van der Waals surface area contributed by atoms with Crippen LogP contribution in [0.5, 0.6) is 0 Å². The smallest absolute Gasteiger partial charge is 0.00723 e. The van der Waals surface area contributed by atoms with Crippen LogP contribution in [0.15, 0.2) is 0 Å². The van der Waals surface area contributed by atoms with Crippen LogP contribution in [-0.2, 0) is 0 Å². The van der Waals surface area contributed by atoms with Gasteiger partial charge in [0.15, 0.2) is 0 Å². The van der Waals surface area contributed by atoms with Crippen LogP contribution in [0.2, 0.25) is 0 Å². The fraction of sp³-hybridized carbons (Fsp3) is 1.00. The maximum Gasteiger partial charge on any atom is 0.00723 e. The average molecular weight is 207 g/mol. The van der Waals surface area contributed by atoms with Crippen LogP contribution in [0.25, 0.3) is 0 Å². The van der Waals surface area contributed by atoms with Gasteiger partial charge in [-0.3, -0.25) is 0 Å². The van der Waals surface area contributed by atoms with Gasteiger partial charge in [-0.05, 0) is 68.7 Å². The molecule has 1 heteroatoms. The fourth-order valence-electron chi connectivity index (χ4n) is 4.43. The van der Waals surface area contributed by atoms with Crippen molar-refractivity contribution >= 4 is 0 Å². The quantitative estimate of drug-likeness (QED) is 0.733. The van der Waals surface area contributed by atoms with Gasteiger partial charge in [-0.25, -0.2) is 0 Å². The molecule has 3 rings (SSSR count). The van der Waals surface area contributed by atoms with Crippen molar-refractivity contribution in [2.75, 3.05) is 6.54 Å². The Morgan fingerprint density at radius 2 is 2.00 bits per heavy atom. The van der Waals surface area contributed by atoms with E-state index in [9.17, 15) is 0 Å². The molecule has 0 spiro atoms. The molecule has 1 saturated heterocycles. The van der Waals surface area contributed by atoms with Gasteiger partial charge in [0.25, 0.3) is 0 Å². The molecule has 0 aromatic carbocycles. The molecule has 1 aliphatic heterocycles. The van der Waals surface area contributed by atoms with Gasteiger partial charge in [-0.2, -0.15) is 0 Å². The maximum absolute atomic E-state index is 3.74. The molecule has 2 bridgehead atoms. The molecule has 3 aliphatic rings. The molecule has 86 valence electrons. The molecule has 1 N–H and O–H groups in total. The molecule has 0 radical (unpaired) electrons. The number of hydrogen-bond acceptors (Lipinski definition) is 1. The summed E-state index contributed by atoms with van der Waals surface area (Å²) < 4.78 is 0. The third-order valence-corrected chi connectivity index (χ3v) is 5.23. The van der Waals surface area contributed by atoms with Crippen molar-refractivity contribution < 1.29 is 0 Å². The molecule has 0 aromatic heterocycles. The highest BCUT2D eigenvalue weighted by atomic mass is 14.9. The Morgan fingerprint density at radius 3 is 2.67 bits per heavy atom. The highest BCUT2D eigenvalue weighted by Crippen LogP contribution is 2.50. The Kier molecular flexibility index (Phi) is 2.76. The number of rotatable bonds is 2. The standard InChI is InChI=1S/C14H25N/c1-10-4-5-15-14(6-10)9-13-8-11-2-3-12(13)7-11/h10-15H,2-9H2,1H3. The van der Waals surface area contributed by atoms with E-state index < -0.39 is 0 Å². The van der Waals surface area contributed by atoms with Gasteiger partial charge in [-0.1, -0.05) is 13.3 Å². The summed E-state index contributed by atoms with van der Waals surface area (Å²) in [5, 5.41) is 3.74. The van der Waals surface area contributed by atoms with Crippen molar-refractivity contribution in [1.29, 1.82) is 0 Å². The highest BCUT2D eigenvalue weighted by Gasteiger charge is 2.40. The lowest BCUT2D eigenvalue weighted by Crippen LogP contribution is -2.39. The van der Waals surface area contributed by atoms with E-state index >= 15 is 0 Å². The molecule has 0 aromatic rings. The normalized spacial score (nSPS) is 49.8. The van der Waals surface area contributed by atoms with Crippen LogP contribution in [0.1, 0.15) is 51.9 Å². The first kappa shape index (κ1) is 10.1. The van der Waals surface area contributed by atoms with E-state index in [0.717, 1.165) is 29.7 Å². The van der Waals surface area contributed by atoms with E-state index in [2.05, 4.69) is 12.2 Å². The summed E-state index contributed by atoms with van der Waals surface area (Å²) in [5.41, 5.74) is 0. The van der Waals surface area contributed by atoms with Crippen LogP contribution in [0.3, 0.4) is 0 Å². The molecular weight excluding hydrogens is 182 g/mol. The van der Waals surface area contributed by atoms with Gasteiger partial charge in [0.2, 0.25) is 0 Å². The predicted octanol–water partition coefficient (Wildman–Crippen LogP) is 3.20. The summed E-state index contributed by atoms with van der Waals surface area (Å²) in [6.45, 7) is 3.70. The summed E-state index contributed by atoms with van der Waals surface area (Å²) in [5.74, 6) is 4.30. The minimum absolute atomic E-state index is 0.859. The molecule has 1 nitrogen and oxygen atoms in total. The van der Waals surface area contributed by atoms with Crippen molar-refractivity contribution in [3.63, 3.8) is 0 Å². The van der Waals surface area contributed by atoms with Gasteiger partial charge < -0.3 is 5.32 Å². The minimum Gasteiger partial charge on any atom is -0.314 e. The first-order valence-corrected chi connectivity index (χ1v) is 7.04. The zero-order valence-corrected chi connectivity index (χ0v) is 10.0. The monoisotopic (exact) mass is 207 g/mol. The van der Waals surface area contributed by atoms with Crippen LogP contribution in [0.4, 0.5) is 0 Å². The van der Waals surface area contributed by atoms with Crippen LogP contribution < -0.4 is 5.32 Å². The summed E-state index contributed by atoms with van der Waals surface area (Å²) >= 11 is 0. The van der Waals surface area contributed by atoms with Crippen molar-refractivity contribution in [2.45, 2.75) is 57.9 Å². The molecule has 0 amide bonds. The average Bonchev–Trinajstić information content (AvgIpc) is 2.79. The number of hydrogen-bond donors (Lipinski definition) is 1. The molecule has 2 saturated carbocycles. The van der Waals surface area contributed by atoms with E-state index in [1.54, 1.807) is 25.7 Å². The summed E-state index contributed by atoms with van der Waals surface area (Å²) in [7, 11) is 0. The molecule has 3 fully saturated rings. The van der Waals surface area contributed by atoms with Crippen LogP contribution in [-0.4, -0.2) is 12.6 Å².